The van der Waals surface area contributed by atoms with Crippen molar-refractivity contribution in [2.24, 2.45) is 11.8 Å². The van der Waals surface area contributed by atoms with Gasteiger partial charge in [0.2, 0.25) is 0 Å². The van der Waals surface area contributed by atoms with E-state index >= 15 is 0 Å². The Bertz CT molecular complexity index is 1860. The molecular weight excluding hydrogens is 707 g/mol. The molecule has 3 aliphatic heterocycles. The number of methoxy groups -OCH3 is 1. The number of hydrogen-bond acceptors (Lipinski definition) is 9. The van der Waals surface area contributed by atoms with Crippen molar-refractivity contribution in [1.82, 2.24) is 9.88 Å². The van der Waals surface area contributed by atoms with Gasteiger partial charge in [0.25, 0.3) is 0 Å². The lowest BCUT2D eigenvalue weighted by Gasteiger charge is -2.44. The van der Waals surface area contributed by atoms with Crippen molar-refractivity contribution in [3.8, 4) is 11.5 Å². The van der Waals surface area contributed by atoms with Gasteiger partial charge in [0, 0.05) is 24.7 Å². The second kappa shape index (κ2) is 16.0. The van der Waals surface area contributed by atoms with E-state index in [1.165, 1.54) is 17.3 Å². The monoisotopic (exact) mass is 746 g/mol. The van der Waals surface area contributed by atoms with Gasteiger partial charge in [0.05, 0.1) is 25.8 Å². The molecule has 272 valence electrons. The van der Waals surface area contributed by atoms with Crippen molar-refractivity contribution in [3.63, 3.8) is 0 Å². The van der Waals surface area contributed by atoms with Crippen LogP contribution in [0.5, 0.6) is 11.5 Å². The zero-order valence-electron chi connectivity index (χ0n) is 28.8. The molecule has 4 aromatic rings. The summed E-state index contributed by atoms with van der Waals surface area (Å²) < 4.78 is 24.3. The predicted molar refractivity (Wildman–Crippen MR) is 195 cm³/mol. The summed E-state index contributed by atoms with van der Waals surface area (Å²) in [4.78, 5) is 35.6. The Morgan fingerprint density at radius 3 is 2.38 bits per heavy atom. The van der Waals surface area contributed by atoms with Crippen LogP contribution in [-0.2, 0) is 22.4 Å². The maximum absolute atomic E-state index is 13.7. The van der Waals surface area contributed by atoms with Crippen LogP contribution in [0, 0.1) is 17.0 Å². The Labute approximate surface area is 312 Å². The van der Waals surface area contributed by atoms with Crippen molar-refractivity contribution in [3.05, 3.63) is 117 Å². The average Bonchev–Trinajstić information content (AvgIpc) is 3.99. The van der Waals surface area contributed by atoms with Crippen molar-refractivity contribution < 1.29 is 33.3 Å². The summed E-state index contributed by atoms with van der Waals surface area (Å²) in [6, 6.07) is 17.6. The van der Waals surface area contributed by atoms with Gasteiger partial charge in [-0.15, -0.1) is 0 Å². The van der Waals surface area contributed by atoms with E-state index in [2.05, 4.69) is 9.88 Å². The Morgan fingerprint density at radius 2 is 1.75 bits per heavy atom. The van der Waals surface area contributed by atoms with Crippen LogP contribution in [0.15, 0.2) is 79.3 Å². The van der Waals surface area contributed by atoms with Crippen molar-refractivity contribution >= 4 is 41.1 Å². The second-order valence-electron chi connectivity index (χ2n) is 13.6. The lowest BCUT2D eigenvalue weighted by Crippen LogP contribution is -2.53. The van der Waals surface area contributed by atoms with E-state index in [-0.39, 0.29) is 29.1 Å². The van der Waals surface area contributed by atoms with E-state index in [1.54, 1.807) is 67.9 Å². The molecule has 8 rings (SSSR count). The molecule has 0 N–H and O–H groups in total. The van der Waals surface area contributed by atoms with E-state index in [4.69, 9.17) is 42.1 Å². The smallest absolute Gasteiger partial charge is 0.416 e. The summed E-state index contributed by atoms with van der Waals surface area (Å²) >= 11 is 12.9. The number of carbonyl (C=O) groups excluding carboxylic acids is 2. The molecule has 2 aromatic heterocycles. The molecule has 0 spiro atoms. The Balaban J connectivity index is 1.09. The summed E-state index contributed by atoms with van der Waals surface area (Å²) in [5, 5.41) is 12.3. The lowest BCUT2D eigenvalue weighted by molar-refractivity contribution is -0.605. The van der Waals surface area contributed by atoms with Crippen molar-refractivity contribution in [1.29, 1.82) is 0 Å². The molecule has 1 unspecified atom stereocenters. The number of ether oxygens (including phenoxy) is 4. The molecule has 0 radical (unpaired) electrons. The first-order valence-corrected chi connectivity index (χ1v) is 18.3. The van der Waals surface area contributed by atoms with E-state index in [0.717, 1.165) is 50.9 Å². The van der Waals surface area contributed by atoms with Crippen LogP contribution in [0.1, 0.15) is 58.8 Å². The molecule has 4 fully saturated rings. The van der Waals surface area contributed by atoms with Crippen molar-refractivity contribution in [2.75, 3.05) is 38.3 Å². The summed E-state index contributed by atoms with van der Waals surface area (Å²) in [5.74, 6) is 1.85. The standard InChI is InChI=1S/C39H40Cl2N4O7/c1-49-33-12-11-29(18-35(33)50-24-26-5-6-26)34(19-30-31(40)21-44(48)22-32(30)41)51-38(46)28-9-7-25(8-10-28)20-45(37-4-2-3-15-42-37)39(47)52-36-23-43-16-13-27(36)14-17-43/h2-4,7-12,15,18,21-22,26-27,34,36H,5-6,13-14,16-17,19-20,23-24H2,1H3/t34?,36-/m0/s1. The summed E-state index contributed by atoms with van der Waals surface area (Å²) in [6.07, 6.45) is 6.99. The lowest BCUT2D eigenvalue weighted by atomic mass is 9.86. The molecule has 5 heterocycles. The van der Waals surface area contributed by atoms with Gasteiger partial charge >= 0.3 is 12.1 Å². The van der Waals surface area contributed by atoms with Gasteiger partial charge in [0.1, 0.15) is 28.1 Å². The van der Waals surface area contributed by atoms with Crippen LogP contribution >= 0.6 is 23.2 Å². The summed E-state index contributed by atoms with van der Waals surface area (Å²) in [6.45, 7) is 3.59. The highest BCUT2D eigenvalue weighted by molar-refractivity contribution is 6.35. The van der Waals surface area contributed by atoms with E-state index in [9.17, 15) is 14.8 Å². The molecular formula is C39H40Cl2N4O7. The zero-order valence-corrected chi connectivity index (χ0v) is 30.3. The maximum Gasteiger partial charge on any atom is 0.416 e. The van der Waals surface area contributed by atoms with Gasteiger partial charge in [0.15, 0.2) is 23.9 Å². The molecule has 4 aliphatic rings. The number of aromatic nitrogens is 2. The largest absolute Gasteiger partial charge is 0.619 e. The minimum absolute atomic E-state index is 0.0947. The van der Waals surface area contributed by atoms with E-state index in [0.29, 0.717) is 57.2 Å². The number of piperidine rings is 3. The average molecular weight is 748 g/mol. The molecule has 1 saturated carbocycles. The molecule has 3 saturated heterocycles. The fourth-order valence-corrected chi connectivity index (χ4v) is 7.35. The third-order valence-electron chi connectivity index (χ3n) is 9.95. The molecule has 11 nitrogen and oxygen atoms in total. The van der Waals surface area contributed by atoms with Crippen LogP contribution in [0.25, 0.3) is 0 Å². The highest BCUT2D eigenvalue weighted by atomic mass is 35.5. The van der Waals surface area contributed by atoms with Crippen LogP contribution in [0.2, 0.25) is 10.0 Å². The summed E-state index contributed by atoms with van der Waals surface area (Å²) in [5.41, 5.74) is 2.16. The minimum Gasteiger partial charge on any atom is -0.619 e. The predicted octanol–water partition coefficient (Wildman–Crippen LogP) is 7.20. The number of anilines is 1. The molecule has 1 aliphatic carbocycles. The molecule has 1 amide bonds. The van der Waals surface area contributed by atoms with Crippen LogP contribution in [0.3, 0.4) is 0 Å². The number of rotatable bonds is 13. The molecule has 2 bridgehead atoms. The van der Waals surface area contributed by atoms with Crippen LogP contribution < -0.4 is 19.1 Å². The van der Waals surface area contributed by atoms with Gasteiger partial charge < -0.3 is 24.2 Å². The Kier molecular flexibility index (Phi) is 11.0. The Morgan fingerprint density at radius 1 is 1.00 bits per heavy atom. The quantitative estimate of drug-likeness (QED) is 0.0796. The Hall–Kier alpha value is -4.58. The minimum atomic E-state index is -0.848. The number of amides is 1. The number of benzene rings is 2. The third kappa shape index (κ3) is 8.54. The first-order valence-electron chi connectivity index (χ1n) is 17.5. The third-order valence-corrected chi connectivity index (χ3v) is 10.6. The zero-order chi connectivity index (χ0) is 36.2. The fraction of sp³-hybridized carbons (Fsp3) is 0.385. The molecule has 13 heteroatoms. The van der Waals surface area contributed by atoms with E-state index < -0.39 is 18.2 Å². The van der Waals surface area contributed by atoms with Gasteiger partial charge in [-0.25, -0.2) is 14.6 Å². The van der Waals surface area contributed by atoms with Crippen LogP contribution in [-0.4, -0.2) is 61.4 Å². The number of halogens is 2. The number of esters is 1. The fourth-order valence-electron chi connectivity index (χ4n) is 6.75. The number of hydrogen-bond donors (Lipinski definition) is 0. The van der Waals surface area contributed by atoms with Gasteiger partial charge in [-0.3, -0.25) is 9.80 Å². The SMILES string of the molecule is COc1ccc(C(Cc2c(Cl)c[n+]([O-])cc2Cl)OC(=O)c2ccc(CN(C(=O)O[C@H]3CN4CCC3CC4)c3ccccn3)cc2)cc1OCC1CC1. The normalized spacial score (nSPS) is 19.8. The molecule has 2 atom stereocenters. The highest BCUT2D eigenvalue weighted by Gasteiger charge is 2.37. The van der Waals surface area contributed by atoms with Gasteiger partial charge in [-0.05, 0) is 98.1 Å². The topological polar surface area (TPSA) is 117 Å². The summed E-state index contributed by atoms with van der Waals surface area (Å²) in [7, 11) is 1.57. The van der Waals surface area contributed by atoms with Gasteiger partial charge in [-0.1, -0.05) is 47.5 Å². The van der Waals surface area contributed by atoms with E-state index in [1.807, 2.05) is 6.07 Å². The second-order valence-corrected chi connectivity index (χ2v) is 14.4. The molecule has 52 heavy (non-hydrogen) atoms. The first kappa shape index (κ1) is 35.8. The number of fused-ring (bicyclic) bond motifs is 3. The highest BCUT2D eigenvalue weighted by Crippen LogP contribution is 2.37. The molecule has 2 aromatic carbocycles. The maximum atomic E-state index is 13.7. The van der Waals surface area contributed by atoms with Crippen molar-refractivity contribution in [2.45, 2.75) is 50.9 Å². The first-order chi connectivity index (χ1) is 25.2. The number of nitrogens with zero attached hydrogens (tertiary/aromatic N) is 4. The number of pyridine rings is 2. The van der Waals surface area contributed by atoms with Gasteiger partial charge in [-0.2, -0.15) is 4.73 Å². The number of carbonyl (C=O) groups is 2. The van der Waals surface area contributed by atoms with Crippen LogP contribution in [0.4, 0.5) is 10.6 Å².